The highest BCUT2D eigenvalue weighted by molar-refractivity contribution is 8.06. The van der Waals surface area contributed by atoms with Gasteiger partial charge in [-0.3, -0.25) is 5.32 Å². The van der Waals surface area contributed by atoms with E-state index < -0.39 is 0 Å². The zero-order chi connectivity index (χ0) is 38.6. The van der Waals surface area contributed by atoms with Crippen molar-refractivity contribution in [1.29, 1.82) is 0 Å². The molecule has 0 radical (unpaired) electrons. The van der Waals surface area contributed by atoms with E-state index in [-0.39, 0.29) is 30.2 Å². The first kappa shape index (κ1) is 35.3. The van der Waals surface area contributed by atoms with Gasteiger partial charge in [0.15, 0.2) is 0 Å². The van der Waals surface area contributed by atoms with Gasteiger partial charge in [0, 0.05) is 59.4 Å². The maximum atomic E-state index is 6.74. The molecule has 8 aromatic rings. The largest absolute Gasteiger partial charge is 0.456 e. The minimum Gasteiger partial charge on any atom is -0.456 e. The fraction of sp³-hybridized carbons (Fsp3) is 0.157. The van der Waals surface area contributed by atoms with Crippen molar-refractivity contribution in [2.24, 2.45) is 16.8 Å². The van der Waals surface area contributed by atoms with E-state index in [1.54, 1.807) is 11.8 Å². The maximum absolute atomic E-state index is 6.74. The van der Waals surface area contributed by atoms with Crippen LogP contribution in [0.3, 0.4) is 0 Å². The van der Waals surface area contributed by atoms with Gasteiger partial charge in [-0.25, -0.2) is 4.99 Å². The molecule has 1 aliphatic carbocycles. The molecule has 6 heteroatoms. The van der Waals surface area contributed by atoms with Gasteiger partial charge in [-0.05, 0) is 47.2 Å². The lowest BCUT2D eigenvalue weighted by Crippen LogP contribution is -2.45. The molecule has 0 saturated carbocycles. The lowest BCUT2D eigenvalue weighted by atomic mass is 9.71. The van der Waals surface area contributed by atoms with Gasteiger partial charge in [0.1, 0.15) is 29.3 Å². The fourth-order valence-electron chi connectivity index (χ4n) is 9.28. The molecule has 57 heavy (non-hydrogen) atoms. The molecule has 0 bridgehead atoms. The highest BCUT2D eigenvalue weighted by Gasteiger charge is 2.40. The van der Waals surface area contributed by atoms with Crippen LogP contribution in [0, 0.1) is 11.8 Å². The zero-order valence-electron chi connectivity index (χ0n) is 32.1. The van der Waals surface area contributed by atoms with Crippen LogP contribution in [0.1, 0.15) is 60.4 Å². The van der Waals surface area contributed by atoms with Crippen molar-refractivity contribution >= 4 is 61.3 Å². The van der Waals surface area contributed by atoms with E-state index in [1.165, 1.54) is 32.3 Å². The van der Waals surface area contributed by atoms with Gasteiger partial charge in [-0.1, -0.05) is 172 Å². The number of hydrogen-bond donors (Lipinski definition) is 2. The Labute approximate surface area is 337 Å². The number of nitrogens with zero attached hydrogens (tertiary/aromatic N) is 2. The Bertz CT molecular complexity index is 2830. The SMILES string of the molecule is C=CC(=C)SC1=C[C@H](c2cccc3oc4cccc(C5N=C(c6ccccc6)NC(c6ccccc6)N5)c4c23)[C@@H](C)[C@@H](C)C1n1c2ccccc2c2ccccc21. The van der Waals surface area contributed by atoms with Crippen LogP contribution in [0.4, 0.5) is 0 Å². The number of furan rings is 1. The standard InChI is InChI=1S/C51H44N4OS/c1-5-31(2)57-45-30-40(32(3)33(4)48(45)55-41-26-14-12-22-36(41)37-23-13-15-27-42(37)55)38-24-16-28-43-46(38)47-39(25-17-29-44(47)56-43)51-53-49(34-18-8-6-9-19-34)52-50(54-51)35-20-10-7-11-21-35/h5-30,32-33,40,48-49,51,53H,1-2H2,3-4H3,(H,52,54)/t32-,33+,40-,48?,49?,51?/m0/s1. The molecule has 1 aliphatic heterocycles. The number of para-hydroxylation sites is 2. The van der Waals surface area contributed by atoms with Gasteiger partial charge >= 0.3 is 0 Å². The monoisotopic (exact) mass is 760 g/mol. The van der Waals surface area contributed by atoms with E-state index in [0.29, 0.717) is 5.92 Å². The first-order valence-corrected chi connectivity index (χ1v) is 20.6. The van der Waals surface area contributed by atoms with Crippen LogP contribution in [0.15, 0.2) is 190 Å². The number of nitrogens with one attached hydrogen (secondary N) is 2. The number of amidine groups is 1. The predicted octanol–water partition coefficient (Wildman–Crippen LogP) is 13.0. The van der Waals surface area contributed by atoms with E-state index in [1.807, 2.05) is 12.1 Å². The molecule has 6 aromatic carbocycles. The Morgan fingerprint density at radius 1 is 0.702 bits per heavy atom. The number of thioether (sulfide) groups is 1. The Morgan fingerprint density at radius 3 is 1.96 bits per heavy atom. The number of hydrogen-bond acceptors (Lipinski definition) is 5. The molecule has 0 spiro atoms. The van der Waals surface area contributed by atoms with Crippen molar-refractivity contribution in [3.05, 3.63) is 203 Å². The number of aromatic nitrogens is 1. The minimum absolute atomic E-state index is 0.109. The fourth-order valence-corrected chi connectivity index (χ4v) is 10.3. The average molecular weight is 761 g/mol. The normalized spacial score (nSPS) is 22.4. The predicted molar refractivity (Wildman–Crippen MR) is 239 cm³/mol. The quantitative estimate of drug-likeness (QED) is 0.151. The summed E-state index contributed by atoms with van der Waals surface area (Å²) in [4.78, 5) is 7.59. The molecule has 0 fully saturated rings. The maximum Gasteiger partial charge on any atom is 0.135 e. The second-order valence-corrected chi connectivity index (χ2v) is 16.6. The summed E-state index contributed by atoms with van der Waals surface area (Å²) in [5.74, 6) is 1.55. The molecule has 3 heterocycles. The highest BCUT2D eigenvalue weighted by atomic mass is 32.2. The molecule has 280 valence electrons. The third-order valence-electron chi connectivity index (χ3n) is 12.2. The van der Waals surface area contributed by atoms with Crippen LogP contribution in [0.2, 0.25) is 0 Å². The van der Waals surface area contributed by atoms with E-state index in [4.69, 9.17) is 9.41 Å². The van der Waals surface area contributed by atoms with E-state index >= 15 is 0 Å². The Kier molecular flexibility index (Phi) is 8.96. The zero-order valence-corrected chi connectivity index (χ0v) is 32.9. The van der Waals surface area contributed by atoms with Crippen molar-refractivity contribution < 1.29 is 4.42 Å². The van der Waals surface area contributed by atoms with Gasteiger partial charge in [-0.2, -0.15) is 0 Å². The summed E-state index contributed by atoms with van der Waals surface area (Å²) < 4.78 is 9.32. The summed E-state index contributed by atoms with van der Waals surface area (Å²) in [6.07, 6.45) is 3.93. The average Bonchev–Trinajstić information content (AvgIpc) is 3.82. The molecule has 2 N–H and O–H groups in total. The molecule has 5 nitrogen and oxygen atoms in total. The summed E-state index contributed by atoms with van der Waals surface area (Å²) in [5, 5.41) is 12.4. The third-order valence-corrected chi connectivity index (χ3v) is 13.2. The second kappa shape index (κ2) is 14.5. The number of aliphatic imine (C=N–C) groups is 1. The summed E-state index contributed by atoms with van der Waals surface area (Å²) in [5.41, 5.74) is 8.81. The smallest absolute Gasteiger partial charge is 0.135 e. The number of rotatable bonds is 8. The van der Waals surface area contributed by atoms with Gasteiger partial charge in [0.05, 0.1) is 6.04 Å². The number of benzene rings is 6. The molecule has 0 saturated heterocycles. The van der Waals surface area contributed by atoms with Crippen LogP contribution < -0.4 is 10.6 Å². The summed E-state index contributed by atoms with van der Waals surface area (Å²) in [6, 6.07) is 51.7. The van der Waals surface area contributed by atoms with Gasteiger partial charge < -0.3 is 14.3 Å². The van der Waals surface area contributed by atoms with Crippen molar-refractivity contribution in [3.8, 4) is 0 Å². The van der Waals surface area contributed by atoms with Gasteiger partial charge in [0.2, 0.25) is 0 Å². The van der Waals surface area contributed by atoms with Crippen molar-refractivity contribution in [1.82, 2.24) is 15.2 Å². The molecule has 2 aromatic heterocycles. The van der Waals surface area contributed by atoms with Crippen LogP contribution in [-0.4, -0.2) is 10.4 Å². The summed E-state index contributed by atoms with van der Waals surface area (Å²) in [6.45, 7) is 13.4. The molecule has 0 amide bonds. The Balaban J connectivity index is 1.15. The van der Waals surface area contributed by atoms with E-state index in [0.717, 1.165) is 49.4 Å². The first-order valence-electron chi connectivity index (χ1n) is 19.8. The molecule has 10 rings (SSSR count). The summed E-state index contributed by atoms with van der Waals surface area (Å²) in [7, 11) is 0. The molecule has 3 unspecified atom stereocenters. The molecular weight excluding hydrogens is 717 g/mol. The van der Waals surface area contributed by atoms with Crippen LogP contribution in [0.25, 0.3) is 43.7 Å². The Hall–Kier alpha value is -6.08. The molecular formula is C51H44N4OS. The summed E-state index contributed by atoms with van der Waals surface area (Å²) >= 11 is 1.75. The minimum atomic E-state index is -0.329. The van der Waals surface area contributed by atoms with Crippen molar-refractivity contribution in [2.45, 2.75) is 38.1 Å². The lowest BCUT2D eigenvalue weighted by molar-refractivity contribution is 0.270. The van der Waals surface area contributed by atoms with E-state index in [2.05, 4.69) is 188 Å². The number of allylic oxidation sites excluding steroid dienone is 3. The molecule has 2 aliphatic rings. The van der Waals surface area contributed by atoms with Crippen LogP contribution >= 0.6 is 11.8 Å². The van der Waals surface area contributed by atoms with Crippen molar-refractivity contribution in [3.63, 3.8) is 0 Å². The molecule has 6 atom stereocenters. The third kappa shape index (κ3) is 6.03. The van der Waals surface area contributed by atoms with Gasteiger partial charge in [0.25, 0.3) is 0 Å². The lowest BCUT2D eigenvalue weighted by Gasteiger charge is -2.41. The topological polar surface area (TPSA) is 54.5 Å². The van der Waals surface area contributed by atoms with E-state index in [9.17, 15) is 0 Å². The highest BCUT2D eigenvalue weighted by Crippen LogP contribution is 2.54. The van der Waals surface area contributed by atoms with Crippen molar-refractivity contribution in [2.75, 3.05) is 0 Å². The van der Waals surface area contributed by atoms with Crippen LogP contribution in [0.5, 0.6) is 0 Å². The first-order chi connectivity index (χ1) is 28.0. The second-order valence-electron chi connectivity index (χ2n) is 15.4. The van der Waals surface area contributed by atoms with Crippen LogP contribution in [-0.2, 0) is 0 Å². The Morgan fingerprint density at radius 2 is 1.30 bits per heavy atom. The van der Waals surface area contributed by atoms with Gasteiger partial charge in [-0.15, -0.1) is 0 Å². The number of fused-ring (bicyclic) bond motifs is 6.